The van der Waals surface area contributed by atoms with Crippen molar-refractivity contribution in [1.29, 1.82) is 0 Å². The molecule has 0 atom stereocenters. The number of barbiturate groups is 1. The van der Waals surface area contributed by atoms with Crippen molar-refractivity contribution in [1.82, 2.24) is 5.32 Å². The fraction of sp³-hybridized carbons (Fsp3) is 0.308. The molecule has 7 heteroatoms. The molecule has 4 amide bonds. The molecular weight excluding hydrogens is 303 g/mol. The largest absolute Gasteiger partial charge is 0.335 e. The zero-order valence-corrected chi connectivity index (χ0v) is 12.6. The molecule has 1 aliphatic heterocycles. The van der Waals surface area contributed by atoms with Crippen molar-refractivity contribution < 1.29 is 14.4 Å². The number of hydrogen-bond acceptors (Lipinski definition) is 3. The highest BCUT2D eigenvalue weighted by Gasteiger charge is 2.48. The monoisotopic (exact) mass is 314 g/mol. The SMILES string of the molecule is Cc1ccc(Cl)c(N2C(=O)NC(=O)C(C)(C)C2=O)c1Cl. The quantitative estimate of drug-likeness (QED) is 0.810. The molecule has 1 aromatic rings. The van der Waals surface area contributed by atoms with Gasteiger partial charge in [-0.3, -0.25) is 14.9 Å². The normalized spacial score (nSPS) is 18.2. The van der Waals surface area contributed by atoms with Crippen molar-refractivity contribution in [3.63, 3.8) is 0 Å². The Morgan fingerprint density at radius 2 is 1.75 bits per heavy atom. The molecule has 1 fully saturated rings. The van der Waals surface area contributed by atoms with Gasteiger partial charge in [0.15, 0.2) is 0 Å². The average molecular weight is 315 g/mol. The third kappa shape index (κ3) is 2.07. The van der Waals surface area contributed by atoms with Crippen LogP contribution in [0.3, 0.4) is 0 Å². The molecule has 106 valence electrons. The Kier molecular flexibility index (Phi) is 3.52. The van der Waals surface area contributed by atoms with Crippen LogP contribution in [0.2, 0.25) is 10.0 Å². The standard InChI is InChI=1S/C13H12Cl2N2O3/c1-6-4-5-7(14)9(8(6)15)17-11(19)13(2,3)10(18)16-12(17)20/h4-5H,1-3H3,(H,16,18,20). The highest BCUT2D eigenvalue weighted by molar-refractivity contribution is 6.43. The fourth-order valence-corrected chi connectivity index (χ4v) is 2.37. The molecule has 1 aromatic carbocycles. The third-order valence-electron chi connectivity index (χ3n) is 3.21. The van der Waals surface area contributed by atoms with Crippen LogP contribution in [0.25, 0.3) is 0 Å². The lowest BCUT2D eigenvalue weighted by atomic mass is 9.88. The van der Waals surface area contributed by atoms with Crippen LogP contribution in [0.1, 0.15) is 19.4 Å². The lowest BCUT2D eigenvalue weighted by molar-refractivity contribution is -0.140. The lowest BCUT2D eigenvalue weighted by Gasteiger charge is -2.35. The Morgan fingerprint density at radius 1 is 1.15 bits per heavy atom. The van der Waals surface area contributed by atoms with Crippen LogP contribution in [0.15, 0.2) is 12.1 Å². The van der Waals surface area contributed by atoms with Gasteiger partial charge in [-0.2, -0.15) is 0 Å². The minimum atomic E-state index is -1.37. The number of aryl methyl sites for hydroxylation is 1. The Morgan fingerprint density at radius 3 is 2.35 bits per heavy atom. The molecule has 1 saturated heterocycles. The molecule has 0 radical (unpaired) electrons. The molecule has 0 spiro atoms. The van der Waals surface area contributed by atoms with Crippen LogP contribution in [-0.2, 0) is 9.59 Å². The van der Waals surface area contributed by atoms with Crippen molar-refractivity contribution in [2.24, 2.45) is 5.41 Å². The summed E-state index contributed by atoms with van der Waals surface area (Å²) in [5.74, 6) is -1.32. The molecule has 2 rings (SSSR count). The van der Waals surface area contributed by atoms with E-state index in [2.05, 4.69) is 5.32 Å². The maximum absolute atomic E-state index is 12.4. The number of carbonyl (C=O) groups is 3. The predicted molar refractivity (Wildman–Crippen MR) is 76.0 cm³/mol. The summed E-state index contributed by atoms with van der Waals surface area (Å²) in [5, 5.41) is 2.49. The summed E-state index contributed by atoms with van der Waals surface area (Å²) >= 11 is 12.2. The molecule has 5 nitrogen and oxygen atoms in total. The minimum Gasteiger partial charge on any atom is -0.276 e. The molecule has 1 heterocycles. The summed E-state index contributed by atoms with van der Waals surface area (Å²) in [6.07, 6.45) is 0. The van der Waals surface area contributed by atoms with Gasteiger partial charge in [0.2, 0.25) is 11.8 Å². The van der Waals surface area contributed by atoms with Crippen molar-refractivity contribution >= 4 is 46.7 Å². The molecule has 0 aromatic heterocycles. The van der Waals surface area contributed by atoms with Crippen molar-refractivity contribution in [3.05, 3.63) is 27.7 Å². The molecule has 0 saturated carbocycles. The van der Waals surface area contributed by atoms with Gasteiger partial charge in [0.1, 0.15) is 5.41 Å². The highest BCUT2D eigenvalue weighted by atomic mass is 35.5. The van der Waals surface area contributed by atoms with E-state index in [0.717, 1.165) is 4.90 Å². The van der Waals surface area contributed by atoms with E-state index in [0.29, 0.717) is 5.56 Å². The molecule has 0 aliphatic carbocycles. The third-order valence-corrected chi connectivity index (χ3v) is 3.99. The number of urea groups is 1. The predicted octanol–water partition coefficient (Wildman–Crippen LogP) is 2.91. The van der Waals surface area contributed by atoms with E-state index < -0.39 is 23.3 Å². The number of benzene rings is 1. The summed E-state index contributed by atoms with van der Waals surface area (Å²) in [7, 11) is 0. The van der Waals surface area contributed by atoms with Gasteiger partial charge in [-0.05, 0) is 32.4 Å². The van der Waals surface area contributed by atoms with Crippen LogP contribution in [-0.4, -0.2) is 17.8 Å². The van der Waals surface area contributed by atoms with Crippen LogP contribution >= 0.6 is 23.2 Å². The van der Waals surface area contributed by atoms with E-state index in [4.69, 9.17) is 23.2 Å². The van der Waals surface area contributed by atoms with E-state index in [1.54, 1.807) is 19.1 Å². The number of imide groups is 2. The first-order valence-corrected chi connectivity index (χ1v) is 6.58. The number of amides is 4. The van der Waals surface area contributed by atoms with Gasteiger partial charge < -0.3 is 0 Å². The summed E-state index contributed by atoms with van der Waals surface area (Å²) in [4.78, 5) is 36.9. The topological polar surface area (TPSA) is 66.5 Å². The van der Waals surface area contributed by atoms with Crippen LogP contribution in [0, 0.1) is 12.3 Å². The van der Waals surface area contributed by atoms with Gasteiger partial charge in [-0.25, -0.2) is 9.69 Å². The number of carbonyl (C=O) groups excluding carboxylic acids is 3. The van der Waals surface area contributed by atoms with Crippen molar-refractivity contribution in [3.8, 4) is 0 Å². The summed E-state index contributed by atoms with van der Waals surface area (Å²) in [6.45, 7) is 4.59. The lowest BCUT2D eigenvalue weighted by Crippen LogP contribution is -2.62. The van der Waals surface area contributed by atoms with Crippen LogP contribution in [0.4, 0.5) is 10.5 Å². The first-order chi connectivity index (χ1) is 9.17. The van der Waals surface area contributed by atoms with E-state index in [1.807, 2.05) is 0 Å². The van der Waals surface area contributed by atoms with E-state index >= 15 is 0 Å². The maximum atomic E-state index is 12.4. The van der Waals surface area contributed by atoms with Crippen molar-refractivity contribution in [2.75, 3.05) is 4.90 Å². The van der Waals surface area contributed by atoms with Gasteiger partial charge in [0.05, 0.1) is 15.7 Å². The number of rotatable bonds is 1. The summed E-state index contributed by atoms with van der Waals surface area (Å²) < 4.78 is 0. The number of hydrogen-bond donors (Lipinski definition) is 1. The Bertz CT molecular complexity index is 641. The number of nitrogens with zero attached hydrogens (tertiary/aromatic N) is 1. The number of halogens is 2. The second-order valence-corrected chi connectivity index (χ2v) is 5.84. The minimum absolute atomic E-state index is 0.0939. The van der Waals surface area contributed by atoms with Gasteiger partial charge in [0, 0.05) is 0 Å². The smallest absolute Gasteiger partial charge is 0.276 e. The summed E-state index contributed by atoms with van der Waals surface area (Å²) in [6, 6.07) is 2.37. The van der Waals surface area contributed by atoms with E-state index in [9.17, 15) is 14.4 Å². The fourth-order valence-electron chi connectivity index (χ4n) is 1.83. The first-order valence-electron chi connectivity index (χ1n) is 5.82. The van der Waals surface area contributed by atoms with Gasteiger partial charge in [-0.1, -0.05) is 29.3 Å². The maximum Gasteiger partial charge on any atom is 0.335 e. The van der Waals surface area contributed by atoms with Crippen LogP contribution in [0.5, 0.6) is 0 Å². The zero-order chi connectivity index (χ0) is 15.2. The Balaban J connectivity index is 2.63. The molecule has 1 N–H and O–H groups in total. The Labute approximate surface area is 125 Å². The number of nitrogens with one attached hydrogen (secondary N) is 1. The zero-order valence-electron chi connectivity index (χ0n) is 11.1. The second-order valence-electron chi connectivity index (χ2n) is 5.05. The average Bonchev–Trinajstić information content (AvgIpc) is 2.36. The van der Waals surface area contributed by atoms with Gasteiger partial charge in [-0.15, -0.1) is 0 Å². The molecule has 0 bridgehead atoms. The van der Waals surface area contributed by atoms with Gasteiger partial charge >= 0.3 is 6.03 Å². The first kappa shape index (κ1) is 14.8. The Hall–Kier alpha value is -1.59. The second kappa shape index (κ2) is 4.75. The molecule has 20 heavy (non-hydrogen) atoms. The molecular formula is C13H12Cl2N2O3. The number of anilines is 1. The van der Waals surface area contributed by atoms with Crippen LogP contribution < -0.4 is 10.2 Å². The van der Waals surface area contributed by atoms with E-state index in [1.165, 1.54) is 13.8 Å². The van der Waals surface area contributed by atoms with E-state index in [-0.39, 0.29) is 15.7 Å². The highest BCUT2D eigenvalue weighted by Crippen LogP contribution is 2.39. The molecule has 1 aliphatic rings. The van der Waals surface area contributed by atoms with Crippen molar-refractivity contribution in [2.45, 2.75) is 20.8 Å². The van der Waals surface area contributed by atoms with Gasteiger partial charge in [0.25, 0.3) is 0 Å². The summed E-state index contributed by atoms with van der Waals surface area (Å²) in [5.41, 5.74) is -0.609. The molecule has 0 unspecified atom stereocenters.